The van der Waals surface area contributed by atoms with E-state index in [-0.39, 0.29) is 0 Å². The van der Waals surface area contributed by atoms with E-state index < -0.39 is 0 Å². The molecule has 0 saturated heterocycles. The van der Waals surface area contributed by atoms with Crippen LogP contribution in [0.5, 0.6) is 5.75 Å². The van der Waals surface area contributed by atoms with E-state index in [1.165, 1.54) is 5.56 Å². The molecule has 0 aromatic heterocycles. The zero-order valence-corrected chi connectivity index (χ0v) is 9.33. The van der Waals surface area contributed by atoms with Gasteiger partial charge in [0.25, 0.3) is 0 Å². The minimum atomic E-state index is 0.319. The highest BCUT2D eigenvalue weighted by atomic mass is 16.3. The maximum atomic E-state index is 9.02. The molecule has 80 valence electrons. The lowest BCUT2D eigenvalue weighted by atomic mass is 10.0. The Bertz CT molecular complexity index is 231. The maximum absolute atomic E-state index is 9.02. The Kier molecular flexibility index (Phi) is 6.85. The summed E-state index contributed by atoms with van der Waals surface area (Å²) in [5, 5.41) is 9.02. The molecule has 1 unspecified atom stereocenters. The molecular weight excluding hydrogens is 174 g/mol. The van der Waals surface area contributed by atoms with Crippen molar-refractivity contribution in [3.05, 3.63) is 29.8 Å². The third-order valence-electron chi connectivity index (χ3n) is 1.92. The number of hydrogen-bond acceptors (Lipinski definition) is 2. The van der Waals surface area contributed by atoms with Crippen LogP contribution in [0, 0.1) is 5.92 Å². The highest BCUT2D eigenvalue weighted by Gasteiger charge is 2.00. The first kappa shape index (κ1) is 13.0. The molecule has 14 heavy (non-hydrogen) atoms. The zero-order valence-electron chi connectivity index (χ0n) is 9.33. The topological polar surface area (TPSA) is 46.2 Å². The van der Waals surface area contributed by atoms with Gasteiger partial charge in [0.2, 0.25) is 0 Å². The van der Waals surface area contributed by atoms with E-state index in [2.05, 4.69) is 6.92 Å². The van der Waals surface area contributed by atoms with Crippen LogP contribution in [0.25, 0.3) is 0 Å². The van der Waals surface area contributed by atoms with Gasteiger partial charge in [0.15, 0.2) is 0 Å². The largest absolute Gasteiger partial charge is 0.508 e. The fraction of sp³-hybridized carbons (Fsp3) is 0.500. The Balaban J connectivity index is 0.000000791. The first-order valence-electron chi connectivity index (χ1n) is 5.20. The second-order valence-corrected chi connectivity index (χ2v) is 3.21. The van der Waals surface area contributed by atoms with Crippen LogP contribution in [0.4, 0.5) is 0 Å². The maximum Gasteiger partial charge on any atom is 0.115 e. The van der Waals surface area contributed by atoms with Gasteiger partial charge in [-0.25, -0.2) is 0 Å². The summed E-state index contributed by atoms with van der Waals surface area (Å²) in [7, 11) is 0. The molecule has 0 radical (unpaired) electrons. The Morgan fingerprint density at radius 3 is 2.14 bits per heavy atom. The molecule has 2 nitrogen and oxygen atoms in total. The van der Waals surface area contributed by atoms with Gasteiger partial charge in [0.05, 0.1) is 0 Å². The summed E-state index contributed by atoms with van der Waals surface area (Å²) in [5.74, 6) is 0.827. The molecule has 3 N–H and O–H groups in total. The molecular formula is C12H21NO. The van der Waals surface area contributed by atoms with Crippen molar-refractivity contribution in [2.24, 2.45) is 11.7 Å². The predicted octanol–water partition coefficient (Wildman–Crippen LogP) is 2.56. The summed E-state index contributed by atoms with van der Waals surface area (Å²) in [4.78, 5) is 0. The average Bonchev–Trinajstić information content (AvgIpc) is 2.24. The van der Waals surface area contributed by atoms with Crippen molar-refractivity contribution >= 4 is 0 Å². The van der Waals surface area contributed by atoms with E-state index in [0.717, 1.165) is 6.42 Å². The van der Waals surface area contributed by atoms with Crippen molar-refractivity contribution in [1.82, 2.24) is 0 Å². The van der Waals surface area contributed by atoms with Crippen LogP contribution in [0.15, 0.2) is 24.3 Å². The highest BCUT2D eigenvalue weighted by molar-refractivity contribution is 5.26. The summed E-state index contributed by atoms with van der Waals surface area (Å²) >= 11 is 0. The van der Waals surface area contributed by atoms with Crippen molar-refractivity contribution in [1.29, 1.82) is 0 Å². The summed E-state index contributed by atoms with van der Waals surface area (Å²) in [6.07, 6.45) is 0.983. The van der Waals surface area contributed by atoms with Crippen LogP contribution in [-0.4, -0.2) is 11.7 Å². The molecule has 0 aliphatic carbocycles. The third-order valence-corrected chi connectivity index (χ3v) is 1.92. The van der Waals surface area contributed by atoms with Gasteiger partial charge in [-0.3, -0.25) is 0 Å². The lowest BCUT2D eigenvalue weighted by molar-refractivity contribution is 0.474. The number of rotatable bonds is 3. The van der Waals surface area contributed by atoms with Crippen LogP contribution in [0.1, 0.15) is 26.3 Å². The van der Waals surface area contributed by atoms with Gasteiger partial charge < -0.3 is 10.8 Å². The van der Waals surface area contributed by atoms with Crippen LogP contribution < -0.4 is 5.73 Å². The van der Waals surface area contributed by atoms with Crippen LogP contribution in [-0.2, 0) is 6.42 Å². The monoisotopic (exact) mass is 195 g/mol. The first-order valence-corrected chi connectivity index (χ1v) is 5.20. The molecule has 2 heteroatoms. The molecule has 0 fully saturated rings. The summed E-state index contributed by atoms with van der Waals surface area (Å²) in [6, 6.07) is 7.28. The number of nitrogens with two attached hydrogens (primary N) is 1. The fourth-order valence-corrected chi connectivity index (χ4v) is 1.12. The van der Waals surface area contributed by atoms with Gasteiger partial charge >= 0.3 is 0 Å². The summed E-state index contributed by atoms with van der Waals surface area (Å²) in [6.45, 7) is 6.83. The van der Waals surface area contributed by atoms with E-state index in [9.17, 15) is 0 Å². The van der Waals surface area contributed by atoms with Crippen molar-refractivity contribution in [2.75, 3.05) is 6.54 Å². The molecule has 1 aromatic carbocycles. The normalized spacial score (nSPS) is 11.4. The molecule has 0 aliphatic heterocycles. The number of benzene rings is 1. The Labute approximate surface area is 86.8 Å². The molecule has 0 amide bonds. The first-order chi connectivity index (χ1) is 6.72. The van der Waals surface area contributed by atoms with Crippen molar-refractivity contribution in [2.45, 2.75) is 27.2 Å². The summed E-state index contributed by atoms with van der Waals surface area (Å²) in [5.41, 5.74) is 6.73. The quantitative estimate of drug-likeness (QED) is 0.778. The standard InChI is InChI=1S/C10H15NO.C2H6/c1-8(7-11)6-9-2-4-10(12)5-3-9;1-2/h2-5,8,12H,6-7,11H2,1H3;1-2H3. The molecule has 1 atom stereocenters. The van der Waals surface area contributed by atoms with Gasteiger partial charge in [-0.2, -0.15) is 0 Å². The molecule has 0 spiro atoms. The molecule has 0 saturated carbocycles. The molecule has 0 heterocycles. The molecule has 1 rings (SSSR count). The van der Waals surface area contributed by atoms with E-state index in [1.807, 2.05) is 26.0 Å². The van der Waals surface area contributed by atoms with Crippen molar-refractivity contribution < 1.29 is 5.11 Å². The minimum absolute atomic E-state index is 0.319. The molecule has 0 aliphatic rings. The Hall–Kier alpha value is -1.02. The Morgan fingerprint density at radius 2 is 1.71 bits per heavy atom. The molecule has 1 aromatic rings. The van der Waals surface area contributed by atoms with Crippen molar-refractivity contribution in [3.63, 3.8) is 0 Å². The van der Waals surface area contributed by atoms with Crippen LogP contribution in [0.2, 0.25) is 0 Å². The number of phenolic OH excluding ortho intramolecular Hbond substituents is 1. The van der Waals surface area contributed by atoms with Crippen molar-refractivity contribution in [3.8, 4) is 5.75 Å². The second kappa shape index (κ2) is 7.39. The van der Waals surface area contributed by atoms with Gasteiger partial charge in [0, 0.05) is 0 Å². The van der Waals surface area contributed by atoms with Gasteiger partial charge in [-0.05, 0) is 36.6 Å². The summed E-state index contributed by atoms with van der Waals surface area (Å²) < 4.78 is 0. The fourth-order valence-electron chi connectivity index (χ4n) is 1.12. The lowest BCUT2D eigenvalue weighted by Crippen LogP contribution is -2.12. The van der Waals surface area contributed by atoms with E-state index in [1.54, 1.807) is 12.1 Å². The van der Waals surface area contributed by atoms with E-state index in [0.29, 0.717) is 18.2 Å². The van der Waals surface area contributed by atoms with E-state index >= 15 is 0 Å². The second-order valence-electron chi connectivity index (χ2n) is 3.21. The number of hydrogen-bond donors (Lipinski definition) is 2. The smallest absolute Gasteiger partial charge is 0.115 e. The van der Waals surface area contributed by atoms with Gasteiger partial charge in [0.1, 0.15) is 5.75 Å². The zero-order chi connectivity index (χ0) is 11.0. The van der Waals surface area contributed by atoms with E-state index in [4.69, 9.17) is 10.8 Å². The number of phenols is 1. The minimum Gasteiger partial charge on any atom is -0.508 e. The lowest BCUT2D eigenvalue weighted by Gasteiger charge is -2.07. The number of aromatic hydroxyl groups is 1. The average molecular weight is 195 g/mol. The van der Waals surface area contributed by atoms with Gasteiger partial charge in [-0.15, -0.1) is 0 Å². The van der Waals surface area contributed by atoms with Crippen LogP contribution >= 0.6 is 0 Å². The SMILES string of the molecule is CC.CC(CN)Cc1ccc(O)cc1. The highest BCUT2D eigenvalue weighted by Crippen LogP contribution is 2.12. The molecule has 0 bridgehead atoms. The van der Waals surface area contributed by atoms with Gasteiger partial charge in [-0.1, -0.05) is 32.9 Å². The van der Waals surface area contributed by atoms with Crippen LogP contribution in [0.3, 0.4) is 0 Å². The third kappa shape index (κ3) is 4.87. The predicted molar refractivity (Wildman–Crippen MR) is 61.4 cm³/mol. The Morgan fingerprint density at radius 1 is 1.21 bits per heavy atom.